The normalized spacial score (nSPS) is 17.4. The Bertz CT molecular complexity index is 584. The Balaban J connectivity index is 0.00000176. The van der Waals surface area contributed by atoms with Crippen molar-refractivity contribution in [2.75, 3.05) is 0 Å². The number of aryl methyl sites for hydroxylation is 1. The highest BCUT2D eigenvalue weighted by atomic mass is 35.5. The molecular weight excluding hydrogens is 292 g/mol. The molecule has 3 rings (SSSR count). The van der Waals surface area contributed by atoms with Crippen LogP contribution in [0.1, 0.15) is 51.0 Å². The van der Waals surface area contributed by atoms with Gasteiger partial charge in [0.25, 0.3) is 0 Å². The second-order valence-electron chi connectivity index (χ2n) is 6.80. The molecule has 0 bridgehead atoms. The average Bonchev–Trinajstić information content (AvgIpc) is 2.88. The van der Waals surface area contributed by atoms with Crippen LogP contribution in [0.4, 0.5) is 0 Å². The van der Waals surface area contributed by atoms with Crippen LogP contribution in [0, 0.1) is 5.92 Å². The first-order valence-electron chi connectivity index (χ1n) is 8.50. The van der Waals surface area contributed by atoms with E-state index in [9.17, 15) is 0 Å². The molecule has 2 nitrogen and oxygen atoms in total. The predicted molar refractivity (Wildman–Crippen MR) is 97.7 cm³/mol. The Hall–Kier alpha value is -0.990. The zero-order chi connectivity index (χ0) is 14.7. The molecule has 1 aliphatic rings. The van der Waals surface area contributed by atoms with Gasteiger partial charge in [0, 0.05) is 25.8 Å². The summed E-state index contributed by atoms with van der Waals surface area (Å²) in [6.45, 7) is 3.32. The third kappa shape index (κ3) is 4.05. The van der Waals surface area contributed by atoms with Crippen molar-refractivity contribution in [1.82, 2.24) is 9.88 Å². The van der Waals surface area contributed by atoms with Gasteiger partial charge in [0.15, 0.2) is 0 Å². The largest absolute Gasteiger partial charge is 0.350 e. The number of nitrogens with one attached hydrogen (secondary N) is 1. The van der Waals surface area contributed by atoms with E-state index in [-0.39, 0.29) is 12.4 Å². The molecule has 1 fully saturated rings. The number of hydrogen-bond acceptors (Lipinski definition) is 1. The standard InChI is InChI=1S/C19H28N2.ClH/c1-15(13-16-7-4-3-5-8-16)20-14-18-10-6-9-17-11-12-21(2)19(17)18;/h6,9-12,15-16,20H,3-5,7-8,13-14H2,1-2H3;1H. The Morgan fingerprint density at radius 2 is 1.95 bits per heavy atom. The maximum Gasteiger partial charge on any atom is 0.0523 e. The molecule has 22 heavy (non-hydrogen) atoms. The van der Waals surface area contributed by atoms with Crippen molar-refractivity contribution in [3.8, 4) is 0 Å². The number of halogens is 1. The van der Waals surface area contributed by atoms with Crippen molar-refractivity contribution in [3.05, 3.63) is 36.0 Å². The number of para-hydroxylation sites is 1. The first-order valence-corrected chi connectivity index (χ1v) is 8.50. The quantitative estimate of drug-likeness (QED) is 0.815. The van der Waals surface area contributed by atoms with Crippen LogP contribution in [0.3, 0.4) is 0 Å². The maximum atomic E-state index is 3.74. The molecule has 0 radical (unpaired) electrons. The summed E-state index contributed by atoms with van der Waals surface area (Å²) in [5.74, 6) is 0.951. The molecule has 0 aliphatic heterocycles. The van der Waals surface area contributed by atoms with E-state index in [1.165, 1.54) is 55.0 Å². The van der Waals surface area contributed by atoms with E-state index in [4.69, 9.17) is 0 Å². The molecule has 1 aliphatic carbocycles. The van der Waals surface area contributed by atoms with E-state index in [1.54, 1.807) is 0 Å². The number of benzene rings is 1. The fourth-order valence-electron chi connectivity index (χ4n) is 3.88. The van der Waals surface area contributed by atoms with E-state index < -0.39 is 0 Å². The summed E-state index contributed by atoms with van der Waals surface area (Å²) in [6.07, 6.45) is 10.7. The summed E-state index contributed by atoms with van der Waals surface area (Å²) in [7, 11) is 2.14. The number of rotatable bonds is 5. The van der Waals surface area contributed by atoms with Gasteiger partial charge in [0.05, 0.1) is 5.52 Å². The van der Waals surface area contributed by atoms with Crippen LogP contribution in [0.2, 0.25) is 0 Å². The van der Waals surface area contributed by atoms with Gasteiger partial charge in [-0.05, 0) is 36.3 Å². The lowest BCUT2D eigenvalue weighted by atomic mass is 9.85. The minimum absolute atomic E-state index is 0. The second kappa shape index (κ2) is 8.03. The molecule has 1 N–H and O–H groups in total. The van der Waals surface area contributed by atoms with Gasteiger partial charge in [-0.1, -0.05) is 50.3 Å². The highest BCUT2D eigenvalue weighted by Crippen LogP contribution is 2.27. The Kier molecular flexibility index (Phi) is 6.34. The molecule has 1 aromatic carbocycles. The van der Waals surface area contributed by atoms with Crippen molar-refractivity contribution in [1.29, 1.82) is 0 Å². The summed E-state index contributed by atoms with van der Waals surface area (Å²) < 4.78 is 2.23. The van der Waals surface area contributed by atoms with Gasteiger partial charge in [0.1, 0.15) is 0 Å². The van der Waals surface area contributed by atoms with Crippen LogP contribution in [0.25, 0.3) is 10.9 Å². The minimum Gasteiger partial charge on any atom is -0.350 e. The lowest BCUT2D eigenvalue weighted by molar-refractivity contribution is 0.305. The van der Waals surface area contributed by atoms with Crippen molar-refractivity contribution in [2.24, 2.45) is 13.0 Å². The van der Waals surface area contributed by atoms with Crippen molar-refractivity contribution < 1.29 is 0 Å². The zero-order valence-electron chi connectivity index (χ0n) is 13.8. The molecular formula is C19H29ClN2. The molecule has 2 aromatic rings. The summed E-state index contributed by atoms with van der Waals surface area (Å²) in [5, 5.41) is 5.09. The second-order valence-corrected chi connectivity index (χ2v) is 6.80. The maximum absolute atomic E-state index is 3.74. The molecule has 1 aromatic heterocycles. The van der Waals surface area contributed by atoms with E-state index in [2.05, 4.69) is 54.3 Å². The summed E-state index contributed by atoms with van der Waals surface area (Å²) >= 11 is 0. The third-order valence-corrected chi connectivity index (χ3v) is 5.03. The summed E-state index contributed by atoms with van der Waals surface area (Å²) in [6, 6.07) is 9.44. The number of hydrogen-bond donors (Lipinski definition) is 1. The topological polar surface area (TPSA) is 17.0 Å². The highest BCUT2D eigenvalue weighted by molar-refractivity contribution is 5.85. The van der Waals surface area contributed by atoms with Gasteiger partial charge in [-0.2, -0.15) is 0 Å². The highest BCUT2D eigenvalue weighted by Gasteiger charge is 2.16. The molecule has 1 heterocycles. The molecule has 0 amide bonds. The van der Waals surface area contributed by atoms with Crippen LogP contribution in [0.15, 0.2) is 30.5 Å². The Labute approximate surface area is 140 Å². The van der Waals surface area contributed by atoms with E-state index in [1.807, 2.05) is 0 Å². The lowest BCUT2D eigenvalue weighted by Gasteiger charge is -2.25. The number of fused-ring (bicyclic) bond motifs is 1. The average molecular weight is 321 g/mol. The zero-order valence-corrected chi connectivity index (χ0v) is 14.7. The van der Waals surface area contributed by atoms with Crippen LogP contribution in [-0.4, -0.2) is 10.6 Å². The molecule has 1 unspecified atom stereocenters. The van der Waals surface area contributed by atoms with Crippen molar-refractivity contribution in [3.63, 3.8) is 0 Å². The molecule has 0 spiro atoms. The smallest absolute Gasteiger partial charge is 0.0523 e. The van der Waals surface area contributed by atoms with Crippen LogP contribution >= 0.6 is 12.4 Å². The number of nitrogens with zero attached hydrogens (tertiary/aromatic N) is 1. The first kappa shape index (κ1) is 17.4. The molecule has 1 saturated carbocycles. The fraction of sp³-hybridized carbons (Fsp3) is 0.579. The van der Waals surface area contributed by atoms with Gasteiger partial charge in [-0.3, -0.25) is 0 Å². The Morgan fingerprint density at radius 3 is 2.73 bits per heavy atom. The summed E-state index contributed by atoms with van der Waals surface area (Å²) in [5.41, 5.74) is 2.78. The molecule has 122 valence electrons. The van der Waals surface area contributed by atoms with Gasteiger partial charge < -0.3 is 9.88 Å². The van der Waals surface area contributed by atoms with Crippen LogP contribution < -0.4 is 5.32 Å². The molecule has 3 heteroatoms. The summed E-state index contributed by atoms with van der Waals surface area (Å²) in [4.78, 5) is 0. The third-order valence-electron chi connectivity index (χ3n) is 5.03. The van der Waals surface area contributed by atoms with E-state index >= 15 is 0 Å². The number of aromatic nitrogens is 1. The van der Waals surface area contributed by atoms with Crippen LogP contribution in [-0.2, 0) is 13.6 Å². The van der Waals surface area contributed by atoms with Crippen molar-refractivity contribution >= 4 is 23.3 Å². The molecule has 0 saturated heterocycles. The molecule has 1 atom stereocenters. The first-order chi connectivity index (χ1) is 10.2. The van der Waals surface area contributed by atoms with Gasteiger partial charge in [-0.25, -0.2) is 0 Å². The minimum atomic E-state index is 0. The van der Waals surface area contributed by atoms with E-state index in [0.717, 1.165) is 12.5 Å². The van der Waals surface area contributed by atoms with Crippen LogP contribution in [0.5, 0.6) is 0 Å². The lowest BCUT2D eigenvalue weighted by Crippen LogP contribution is -2.28. The van der Waals surface area contributed by atoms with Gasteiger partial charge in [-0.15, -0.1) is 12.4 Å². The Morgan fingerprint density at radius 1 is 1.18 bits per heavy atom. The monoisotopic (exact) mass is 320 g/mol. The van der Waals surface area contributed by atoms with Gasteiger partial charge in [0.2, 0.25) is 0 Å². The fourth-order valence-corrected chi connectivity index (χ4v) is 3.88. The van der Waals surface area contributed by atoms with Crippen molar-refractivity contribution in [2.45, 2.75) is 58.0 Å². The predicted octanol–water partition coefficient (Wildman–Crippen LogP) is 5.05. The van der Waals surface area contributed by atoms with Gasteiger partial charge >= 0.3 is 0 Å². The SMILES string of the molecule is CC(CC1CCCCC1)NCc1cccc2ccn(C)c12.Cl. The van der Waals surface area contributed by atoms with E-state index in [0.29, 0.717) is 6.04 Å².